The summed E-state index contributed by atoms with van der Waals surface area (Å²) in [4.78, 5) is 12.8. The van der Waals surface area contributed by atoms with Crippen molar-refractivity contribution in [2.75, 3.05) is 13.2 Å². The van der Waals surface area contributed by atoms with E-state index in [4.69, 9.17) is 4.74 Å². The van der Waals surface area contributed by atoms with E-state index in [0.717, 1.165) is 22.5 Å². The third-order valence-corrected chi connectivity index (χ3v) is 4.90. The molecule has 33 heavy (non-hydrogen) atoms. The zero-order chi connectivity index (χ0) is 24.4. The largest absolute Gasteiger partial charge is 0.505 e. The maximum atomic E-state index is 13.1. The first-order chi connectivity index (χ1) is 15.4. The fourth-order valence-electron chi connectivity index (χ4n) is 3.21. The van der Waals surface area contributed by atoms with Crippen molar-refractivity contribution in [2.24, 2.45) is 0 Å². The van der Waals surface area contributed by atoms with Gasteiger partial charge in [-0.2, -0.15) is 13.2 Å². The summed E-state index contributed by atoms with van der Waals surface area (Å²) in [6.45, 7) is 9.62. The molecule has 0 spiro atoms. The quantitative estimate of drug-likeness (QED) is 0.509. The van der Waals surface area contributed by atoms with Gasteiger partial charge in [0, 0.05) is 18.5 Å². The number of phenolic OH excluding ortho intramolecular Hbond substituents is 1. The SMILES string of the molecule is C=CCNC(=O)OCCc1cc(-n2nc3ccc(C(F)(F)F)cc3n2)c(O)c(C(C)(C)C)c1. The van der Waals surface area contributed by atoms with Gasteiger partial charge in [0.1, 0.15) is 22.5 Å². The van der Waals surface area contributed by atoms with Crippen LogP contribution < -0.4 is 5.32 Å². The number of rotatable bonds is 6. The highest BCUT2D eigenvalue weighted by molar-refractivity contribution is 5.75. The predicted octanol–water partition coefficient (Wildman–Crippen LogP) is 4.90. The summed E-state index contributed by atoms with van der Waals surface area (Å²) in [7, 11) is 0. The van der Waals surface area contributed by atoms with E-state index in [1.807, 2.05) is 20.8 Å². The Hall–Kier alpha value is -3.56. The summed E-state index contributed by atoms with van der Waals surface area (Å²) in [6, 6.07) is 6.52. The average Bonchev–Trinajstić information content (AvgIpc) is 3.14. The first-order valence-electron chi connectivity index (χ1n) is 10.2. The third kappa shape index (κ3) is 5.63. The maximum absolute atomic E-state index is 13.1. The minimum Gasteiger partial charge on any atom is -0.505 e. The molecule has 7 nitrogen and oxygen atoms in total. The van der Waals surface area contributed by atoms with E-state index < -0.39 is 23.2 Å². The van der Waals surface area contributed by atoms with Gasteiger partial charge in [-0.15, -0.1) is 21.6 Å². The van der Waals surface area contributed by atoms with Gasteiger partial charge < -0.3 is 15.2 Å². The molecule has 3 aromatic rings. The monoisotopic (exact) mass is 462 g/mol. The Labute approximate surface area is 188 Å². The second-order valence-corrected chi connectivity index (χ2v) is 8.51. The number of fused-ring (bicyclic) bond motifs is 1. The number of hydrogen-bond donors (Lipinski definition) is 2. The molecular formula is C23H25F3N4O3. The molecule has 0 radical (unpaired) electrons. The fraction of sp³-hybridized carbons (Fsp3) is 0.348. The van der Waals surface area contributed by atoms with Gasteiger partial charge in [0.15, 0.2) is 0 Å². The van der Waals surface area contributed by atoms with Crippen molar-refractivity contribution in [3.05, 3.63) is 59.7 Å². The summed E-state index contributed by atoms with van der Waals surface area (Å²) in [5.41, 5.74) is 0.583. The summed E-state index contributed by atoms with van der Waals surface area (Å²) < 4.78 is 44.3. The van der Waals surface area contributed by atoms with Gasteiger partial charge >= 0.3 is 12.3 Å². The zero-order valence-electron chi connectivity index (χ0n) is 18.5. The number of alkyl carbamates (subject to hydrolysis) is 1. The van der Waals surface area contributed by atoms with Gasteiger partial charge in [0.25, 0.3) is 0 Å². The molecule has 0 aliphatic carbocycles. The number of aromatic hydroxyl groups is 1. The number of benzene rings is 2. The number of phenols is 1. The Morgan fingerprint density at radius 1 is 1.18 bits per heavy atom. The minimum absolute atomic E-state index is 0.0501. The average molecular weight is 462 g/mol. The normalized spacial score (nSPS) is 12.1. The van der Waals surface area contributed by atoms with E-state index in [2.05, 4.69) is 22.1 Å². The number of alkyl halides is 3. The van der Waals surface area contributed by atoms with E-state index in [9.17, 15) is 23.1 Å². The first-order valence-corrected chi connectivity index (χ1v) is 10.2. The molecule has 3 rings (SSSR count). The Morgan fingerprint density at radius 2 is 1.88 bits per heavy atom. The number of hydrogen-bond acceptors (Lipinski definition) is 5. The van der Waals surface area contributed by atoms with Gasteiger partial charge in [0.05, 0.1) is 12.2 Å². The number of ether oxygens (including phenoxy) is 1. The van der Waals surface area contributed by atoms with Crippen LogP contribution in [0.15, 0.2) is 43.0 Å². The summed E-state index contributed by atoms with van der Waals surface area (Å²) in [6.07, 6.45) is -3.21. The van der Waals surface area contributed by atoms with Crippen LogP contribution in [0.1, 0.15) is 37.5 Å². The molecule has 0 bridgehead atoms. The topological polar surface area (TPSA) is 89.3 Å². The standard InChI is InChI=1S/C23H25F3N4O3/c1-5-9-27-21(32)33-10-8-14-11-16(22(2,3)4)20(31)19(12-14)30-28-17-7-6-15(23(24,25)26)13-18(17)29-30/h5-7,11-13,31H,1,8-10H2,2-4H3,(H,27,32). The van der Waals surface area contributed by atoms with Crippen molar-refractivity contribution < 1.29 is 27.8 Å². The zero-order valence-corrected chi connectivity index (χ0v) is 18.5. The molecule has 1 heterocycles. The molecule has 0 atom stereocenters. The third-order valence-electron chi connectivity index (χ3n) is 4.90. The number of carbonyl (C=O) groups is 1. The molecule has 1 aromatic heterocycles. The van der Waals surface area contributed by atoms with Crippen molar-refractivity contribution in [2.45, 2.75) is 38.8 Å². The van der Waals surface area contributed by atoms with Crippen molar-refractivity contribution in [3.8, 4) is 11.4 Å². The number of aromatic nitrogens is 3. The van der Waals surface area contributed by atoms with E-state index in [0.29, 0.717) is 12.0 Å². The van der Waals surface area contributed by atoms with Crippen LogP contribution in [0.4, 0.5) is 18.0 Å². The van der Waals surface area contributed by atoms with E-state index in [-0.39, 0.29) is 35.6 Å². The van der Waals surface area contributed by atoms with Crippen molar-refractivity contribution in [1.29, 1.82) is 0 Å². The van der Waals surface area contributed by atoms with Crippen LogP contribution in [0.25, 0.3) is 16.7 Å². The lowest BCUT2D eigenvalue weighted by atomic mass is 9.84. The smallest absolute Gasteiger partial charge is 0.416 e. The predicted molar refractivity (Wildman–Crippen MR) is 117 cm³/mol. The highest BCUT2D eigenvalue weighted by Gasteiger charge is 2.31. The maximum Gasteiger partial charge on any atom is 0.416 e. The number of amides is 1. The second-order valence-electron chi connectivity index (χ2n) is 8.51. The van der Waals surface area contributed by atoms with Crippen molar-refractivity contribution >= 4 is 17.1 Å². The summed E-state index contributed by atoms with van der Waals surface area (Å²) in [5.74, 6) is -0.0766. The first kappa shape index (κ1) is 24.1. The molecule has 2 aromatic carbocycles. The lowest BCUT2D eigenvalue weighted by Gasteiger charge is -2.23. The van der Waals surface area contributed by atoms with Gasteiger partial charge in [-0.3, -0.25) is 0 Å². The summed E-state index contributed by atoms with van der Waals surface area (Å²) >= 11 is 0. The Balaban J connectivity index is 1.97. The molecule has 0 aliphatic rings. The molecule has 0 fully saturated rings. The van der Waals surface area contributed by atoms with Crippen LogP contribution in [0, 0.1) is 0 Å². The number of halogens is 3. The van der Waals surface area contributed by atoms with Crippen molar-refractivity contribution in [3.63, 3.8) is 0 Å². The van der Waals surface area contributed by atoms with Crippen LogP contribution in [-0.2, 0) is 22.7 Å². The molecule has 0 unspecified atom stereocenters. The molecule has 176 valence electrons. The molecule has 2 N–H and O–H groups in total. The number of carbonyl (C=O) groups excluding carboxylic acids is 1. The Bertz CT molecular complexity index is 1180. The molecule has 0 saturated heterocycles. The molecule has 0 saturated carbocycles. The van der Waals surface area contributed by atoms with Crippen LogP contribution >= 0.6 is 0 Å². The van der Waals surface area contributed by atoms with E-state index in [1.54, 1.807) is 12.1 Å². The summed E-state index contributed by atoms with van der Waals surface area (Å²) in [5, 5.41) is 21.9. The second kappa shape index (κ2) is 9.13. The van der Waals surface area contributed by atoms with Crippen LogP contribution in [0.2, 0.25) is 0 Å². The van der Waals surface area contributed by atoms with E-state index in [1.165, 1.54) is 12.1 Å². The highest BCUT2D eigenvalue weighted by Crippen LogP contribution is 2.37. The van der Waals surface area contributed by atoms with Gasteiger partial charge in [-0.05, 0) is 35.2 Å². The Morgan fingerprint density at radius 3 is 2.52 bits per heavy atom. The molecular weight excluding hydrogens is 437 g/mol. The number of nitrogens with zero attached hydrogens (tertiary/aromatic N) is 3. The van der Waals surface area contributed by atoms with Gasteiger partial charge in [-0.25, -0.2) is 4.79 Å². The van der Waals surface area contributed by atoms with E-state index >= 15 is 0 Å². The van der Waals surface area contributed by atoms with Crippen LogP contribution in [-0.4, -0.2) is 39.3 Å². The van der Waals surface area contributed by atoms with Gasteiger partial charge in [0.2, 0.25) is 0 Å². The highest BCUT2D eigenvalue weighted by atomic mass is 19.4. The fourth-order valence-corrected chi connectivity index (χ4v) is 3.21. The lowest BCUT2D eigenvalue weighted by Crippen LogP contribution is -2.25. The molecule has 0 aliphatic heterocycles. The van der Waals surface area contributed by atoms with Crippen LogP contribution in [0.3, 0.4) is 0 Å². The van der Waals surface area contributed by atoms with Gasteiger partial charge in [-0.1, -0.05) is 32.9 Å². The molecule has 10 heteroatoms. The number of nitrogens with one attached hydrogen (secondary N) is 1. The molecule has 1 amide bonds. The lowest BCUT2D eigenvalue weighted by molar-refractivity contribution is -0.137. The van der Waals surface area contributed by atoms with Crippen molar-refractivity contribution in [1.82, 2.24) is 20.3 Å². The minimum atomic E-state index is -4.50. The van der Waals surface area contributed by atoms with Crippen LogP contribution in [0.5, 0.6) is 5.75 Å². The Kier molecular flexibility index (Phi) is 6.66.